The molecule has 1 unspecified atom stereocenters. The number of alkyl halides is 3. The summed E-state index contributed by atoms with van der Waals surface area (Å²) in [5.74, 6) is -1.68. The molecule has 1 aromatic heterocycles. The number of rotatable bonds is 6. The van der Waals surface area contributed by atoms with Gasteiger partial charge in [0.1, 0.15) is 0 Å². The average Bonchev–Trinajstić information content (AvgIpc) is 2.72. The highest BCUT2D eigenvalue weighted by atomic mass is 19.4. The zero-order chi connectivity index (χ0) is 21.0. The summed E-state index contributed by atoms with van der Waals surface area (Å²) in [6.07, 6.45) is -0.718. The van der Waals surface area contributed by atoms with Gasteiger partial charge >= 0.3 is 6.18 Å². The maximum absolute atomic E-state index is 12.9. The van der Waals surface area contributed by atoms with Crippen LogP contribution in [0, 0.1) is 5.92 Å². The minimum absolute atomic E-state index is 0.0300. The minimum Gasteiger partial charge on any atom is -0.394 e. The molecule has 0 saturated carbocycles. The van der Waals surface area contributed by atoms with E-state index in [-0.39, 0.29) is 32.0 Å². The van der Waals surface area contributed by atoms with E-state index in [0.717, 1.165) is 16.5 Å². The van der Waals surface area contributed by atoms with E-state index in [1.165, 1.54) is 13.3 Å². The molecule has 1 aromatic carbocycles. The quantitative estimate of drug-likeness (QED) is 0.764. The number of nitrogens with one attached hydrogen (secondary N) is 1. The van der Waals surface area contributed by atoms with Crippen LogP contribution in [0.5, 0.6) is 0 Å². The zero-order valence-corrected chi connectivity index (χ0v) is 16.0. The molecule has 2 aromatic rings. The van der Waals surface area contributed by atoms with Crippen LogP contribution >= 0.6 is 0 Å². The van der Waals surface area contributed by atoms with E-state index in [0.29, 0.717) is 17.5 Å². The summed E-state index contributed by atoms with van der Waals surface area (Å²) in [4.78, 5) is 16.8. The Morgan fingerprint density at radius 1 is 1.41 bits per heavy atom. The monoisotopic (exact) mass is 408 g/mol. The second kappa shape index (κ2) is 8.92. The SMILES string of the molecule is COC[C@H](CO)NC(=O)c1cnc2c(C3=CCC(C(F)(F)F)CC3)cccc2c1. The number of ether oxygens (including phenoxy) is 1. The molecule has 0 radical (unpaired) electrons. The van der Waals surface area contributed by atoms with Crippen molar-refractivity contribution in [3.8, 4) is 0 Å². The van der Waals surface area contributed by atoms with Gasteiger partial charge < -0.3 is 15.2 Å². The van der Waals surface area contributed by atoms with E-state index in [1.807, 2.05) is 12.1 Å². The number of halogens is 3. The molecule has 0 aliphatic heterocycles. The van der Waals surface area contributed by atoms with Gasteiger partial charge in [0.25, 0.3) is 5.91 Å². The van der Waals surface area contributed by atoms with Crippen LogP contribution in [-0.4, -0.2) is 48.5 Å². The van der Waals surface area contributed by atoms with Crippen molar-refractivity contribution >= 4 is 22.4 Å². The highest BCUT2D eigenvalue weighted by molar-refractivity contribution is 5.99. The summed E-state index contributed by atoms with van der Waals surface area (Å²) in [5.41, 5.74) is 2.62. The third kappa shape index (κ3) is 4.94. The van der Waals surface area contributed by atoms with Crippen LogP contribution in [0.2, 0.25) is 0 Å². The van der Waals surface area contributed by atoms with Crippen molar-refractivity contribution < 1.29 is 27.8 Å². The van der Waals surface area contributed by atoms with Gasteiger partial charge in [-0.2, -0.15) is 13.2 Å². The largest absolute Gasteiger partial charge is 0.394 e. The van der Waals surface area contributed by atoms with Gasteiger partial charge in [-0.1, -0.05) is 24.3 Å². The fourth-order valence-electron chi connectivity index (χ4n) is 3.53. The number of aromatic nitrogens is 1. The number of carbonyl (C=O) groups excluding carboxylic acids is 1. The van der Waals surface area contributed by atoms with Crippen LogP contribution in [-0.2, 0) is 4.74 Å². The summed E-state index contributed by atoms with van der Waals surface area (Å²) in [7, 11) is 1.48. The Labute approximate surface area is 166 Å². The molecule has 0 bridgehead atoms. The molecule has 1 heterocycles. The Morgan fingerprint density at radius 2 is 2.21 bits per heavy atom. The summed E-state index contributed by atoms with van der Waals surface area (Å²) < 4.78 is 43.7. The van der Waals surface area contributed by atoms with E-state index in [9.17, 15) is 23.1 Å². The van der Waals surface area contributed by atoms with Gasteiger partial charge in [-0.3, -0.25) is 9.78 Å². The lowest BCUT2D eigenvalue weighted by Crippen LogP contribution is -2.40. The third-order valence-corrected chi connectivity index (χ3v) is 5.12. The first-order chi connectivity index (χ1) is 13.8. The number of pyridine rings is 1. The highest BCUT2D eigenvalue weighted by Gasteiger charge is 2.39. The first-order valence-electron chi connectivity index (χ1n) is 9.39. The maximum atomic E-state index is 12.9. The Balaban J connectivity index is 1.84. The molecule has 5 nitrogen and oxygen atoms in total. The van der Waals surface area contributed by atoms with Crippen molar-refractivity contribution in [2.75, 3.05) is 20.3 Å². The Hall–Kier alpha value is -2.45. The summed E-state index contributed by atoms with van der Waals surface area (Å²) >= 11 is 0. The first kappa shape index (κ1) is 21.3. The van der Waals surface area contributed by atoms with E-state index in [1.54, 1.807) is 18.2 Å². The molecule has 2 N–H and O–H groups in total. The predicted molar refractivity (Wildman–Crippen MR) is 103 cm³/mol. The number of methoxy groups -OCH3 is 1. The molecule has 29 heavy (non-hydrogen) atoms. The first-order valence-corrected chi connectivity index (χ1v) is 9.39. The number of aliphatic hydroxyl groups excluding tert-OH is 1. The number of amides is 1. The average molecular weight is 408 g/mol. The molecule has 156 valence electrons. The number of benzene rings is 1. The summed E-state index contributed by atoms with van der Waals surface area (Å²) in [6, 6.07) is 6.62. The minimum atomic E-state index is -4.17. The van der Waals surface area contributed by atoms with Crippen LogP contribution in [0.1, 0.15) is 35.2 Å². The smallest absolute Gasteiger partial charge is 0.392 e. The van der Waals surface area contributed by atoms with Crippen LogP contribution in [0.15, 0.2) is 36.5 Å². The second-order valence-corrected chi connectivity index (χ2v) is 7.15. The lowest BCUT2D eigenvalue weighted by atomic mass is 9.85. The standard InChI is InChI=1S/C21H23F3N2O3/c1-29-12-17(11-27)26-20(28)15-9-14-3-2-4-18(19(14)25-10-15)13-5-7-16(8-6-13)21(22,23)24/h2-5,9-10,16-17,27H,6-8,11-12H2,1H3,(H,26,28)/t16?,17-/m0/s1. The number of fused-ring (bicyclic) bond motifs is 1. The molecular formula is C21H23F3N2O3. The number of aliphatic hydroxyl groups is 1. The van der Waals surface area contributed by atoms with Crippen LogP contribution < -0.4 is 5.32 Å². The summed E-state index contributed by atoms with van der Waals surface area (Å²) in [6.45, 7) is -0.0711. The van der Waals surface area contributed by atoms with Crippen molar-refractivity contribution in [1.82, 2.24) is 10.3 Å². The van der Waals surface area contributed by atoms with Crippen molar-refractivity contribution in [1.29, 1.82) is 0 Å². The Morgan fingerprint density at radius 3 is 2.83 bits per heavy atom. The molecule has 8 heteroatoms. The lowest BCUT2D eigenvalue weighted by Gasteiger charge is -2.24. The Bertz CT molecular complexity index is 912. The molecule has 0 saturated heterocycles. The number of carbonyl (C=O) groups is 1. The normalized spacial score (nSPS) is 18.4. The van der Waals surface area contributed by atoms with Crippen LogP contribution in [0.25, 0.3) is 16.5 Å². The number of hydrogen-bond acceptors (Lipinski definition) is 4. The molecule has 0 spiro atoms. The van der Waals surface area contributed by atoms with Crippen molar-refractivity contribution in [2.45, 2.75) is 31.5 Å². The maximum Gasteiger partial charge on any atom is 0.392 e. The van der Waals surface area contributed by atoms with Gasteiger partial charge in [-0.05, 0) is 30.9 Å². The zero-order valence-electron chi connectivity index (χ0n) is 16.0. The van der Waals surface area contributed by atoms with Gasteiger partial charge in [0.2, 0.25) is 0 Å². The molecule has 2 atom stereocenters. The van der Waals surface area contributed by atoms with Crippen LogP contribution in [0.3, 0.4) is 0 Å². The van der Waals surface area contributed by atoms with E-state index >= 15 is 0 Å². The molecule has 3 rings (SSSR count). The molecule has 1 amide bonds. The molecular weight excluding hydrogens is 385 g/mol. The van der Waals surface area contributed by atoms with Gasteiger partial charge in [-0.15, -0.1) is 0 Å². The molecule has 1 aliphatic carbocycles. The molecule has 0 fully saturated rings. The van der Waals surface area contributed by atoms with E-state index < -0.39 is 18.1 Å². The van der Waals surface area contributed by atoms with Crippen LogP contribution in [0.4, 0.5) is 13.2 Å². The Kier molecular flexibility index (Phi) is 6.54. The van der Waals surface area contributed by atoms with Crippen molar-refractivity contribution in [2.24, 2.45) is 5.92 Å². The fourth-order valence-corrected chi connectivity index (χ4v) is 3.53. The third-order valence-electron chi connectivity index (χ3n) is 5.12. The topological polar surface area (TPSA) is 71.5 Å². The predicted octanol–water partition coefficient (Wildman–Crippen LogP) is 3.72. The number of hydrogen-bond donors (Lipinski definition) is 2. The second-order valence-electron chi connectivity index (χ2n) is 7.15. The fraction of sp³-hybridized carbons (Fsp3) is 0.429. The van der Waals surface area contributed by atoms with Gasteiger partial charge in [0.15, 0.2) is 0 Å². The van der Waals surface area contributed by atoms with Gasteiger partial charge in [0, 0.05) is 24.3 Å². The van der Waals surface area contributed by atoms with E-state index in [4.69, 9.17) is 4.74 Å². The van der Waals surface area contributed by atoms with Gasteiger partial charge in [0.05, 0.1) is 36.3 Å². The number of para-hydroxylation sites is 1. The van der Waals surface area contributed by atoms with Gasteiger partial charge in [-0.25, -0.2) is 0 Å². The molecule has 1 aliphatic rings. The number of allylic oxidation sites excluding steroid dienone is 2. The summed E-state index contributed by atoms with van der Waals surface area (Å²) in [5, 5.41) is 12.7. The van der Waals surface area contributed by atoms with Crippen molar-refractivity contribution in [3.05, 3.63) is 47.7 Å². The lowest BCUT2D eigenvalue weighted by molar-refractivity contribution is -0.175. The van der Waals surface area contributed by atoms with Crippen molar-refractivity contribution in [3.63, 3.8) is 0 Å². The van der Waals surface area contributed by atoms with E-state index in [2.05, 4.69) is 10.3 Å². The highest BCUT2D eigenvalue weighted by Crippen LogP contribution is 2.40. The number of nitrogens with zero attached hydrogens (tertiary/aromatic N) is 1.